The lowest BCUT2D eigenvalue weighted by Crippen LogP contribution is -2.28. The predicted molar refractivity (Wildman–Crippen MR) is 80.2 cm³/mol. The van der Waals surface area contributed by atoms with E-state index in [1.165, 1.54) is 6.92 Å². The van der Waals surface area contributed by atoms with E-state index < -0.39 is 24.3 Å². The van der Waals surface area contributed by atoms with Crippen molar-refractivity contribution >= 4 is 17.4 Å². The van der Waals surface area contributed by atoms with Crippen LogP contribution in [0.1, 0.15) is 13.3 Å². The average Bonchev–Trinajstić information content (AvgIpc) is 3.01. The minimum atomic E-state index is -4.93. The summed E-state index contributed by atoms with van der Waals surface area (Å²) < 4.78 is 36.4. The van der Waals surface area contributed by atoms with Crippen molar-refractivity contribution < 1.29 is 22.8 Å². The number of carbonyl (C=O) groups excluding carboxylic acids is 2. The molecule has 0 radical (unpaired) electrons. The number of amides is 1. The first kappa shape index (κ1) is 18.2. The summed E-state index contributed by atoms with van der Waals surface area (Å²) in [6.07, 6.45) is -5.86. The van der Waals surface area contributed by atoms with Crippen molar-refractivity contribution in [1.82, 2.24) is 25.6 Å². The van der Waals surface area contributed by atoms with Gasteiger partial charge in [-0.25, -0.2) is 5.43 Å². The summed E-state index contributed by atoms with van der Waals surface area (Å²) in [5.41, 5.74) is 2.58. The molecule has 2 aromatic rings. The molecule has 0 fully saturated rings. The second kappa shape index (κ2) is 7.64. The summed E-state index contributed by atoms with van der Waals surface area (Å²) in [5.74, 6) is -2.28. The molecule has 1 aromatic heterocycles. The van der Waals surface area contributed by atoms with E-state index in [0.717, 1.165) is 4.80 Å². The Morgan fingerprint density at radius 1 is 1.24 bits per heavy atom. The number of benzene rings is 1. The van der Waals surface area contributed by atoms with Crippen molar-refractivity contribution in [2.45, 2.75) is 26.1 Å². The Labute approximate surface area is 139 Å². The molecular formula is C14H13F3N6O2. The van der Waals surface area contributed by atoms with Crippen LogP contribution >= 0.6 is 0 Å². The number of aromatic nitrogens is 4. The van der Waals surface area contributed by atoms with Gasteiger partial charge < -0.3 is 0 Å². The van der Waals surface area contributed by atoms with Crippen molar-refractivity contribution in [3.63, 3.8) is 0 Å². The molecule has 0 unspecified atom stereocenters. The number of rotatable bonds is 6. The van der Waals surface area contributed by atoms with Gasteiger partial charge in [-0.1, -0.05) is 30.3 Å². The van der Waals surface area contributed by atoms with Crippen LogP contribution in [-0.2, 0) is 16.1 Å². The molecule has 25 heavy (non-hydrogen) atoms. The lowest BCUT2D eigenvalue weighted by atomic mass is 10.2. The SMILES string of the molecule is C/C(CC(=O)C(F)(F)F)=N/NC(=O)Cn1nnc(-c2ccccc2)n1. The van der Waals surface area contributed by atoms with E-state index in [1.54, 1.807) is 24.3 Å². The smallest absolute Gasteiger partial charge is 0.289 e. The van der Waals surface area contributed by atoms with Gasteiger partial charge in [0.15, 0.2) is 0 Å². The van der Waals surface area contributed by atoms with Gasteiger partial charge in [-0.3, -0.25) is 9.59 Å². The van der Waals surface area contributed by atoms with Crippen LogP contribution in [0.2, 0.25) is 0 Å². The number of hydrazone groups is 1. The number of hydrogen-bond acceptors (Lipinski definition) is 6. The normalized spacial score (nSPS) is 12.1. The zero-order valence-corrected chi connectivity index (χ0v) is 13.0. The first-order valence-corrected chi connectivity index (χ1v) is 7.01. The van der Waals surface area contributed by atoms with Crippen LogP contribution in [0, 0.1) is 0 Å². The fourth-order valence-electron chi connectivity index (χ4n) is 1.71. The van der Waals surface area contributed by atoms with Crippen molar-refractivity contribution in [3.8, 4) is 11.4 Å². The molecule has 0 aliphatic carbocycles. The van der Waals surface area contributed by atoms with Gasteiger partial charge in [-0.2, -0.15) is 23.1 Å². The molecule has 2 rings (SSSR count). The van der Waals surface area contributed by atoms with Gasteiger partial charge >= 0.3 is 6.18 Å². The summed E-state index contributed by atoms with van der Waals surface area (Å²) in [7, 11) is 0. The number of Topliss-reactive ketones (excluding diaryl/α,β-unsaturated/α-hetero) is 1. The molecular weight excluding hydrogens is 341 g/mol. The summed E-state index contributed by atoms with van der Waals surface area (Å²) in [6, 6.07) is 8.95. The standard InChI is InChI=1S/C14H13F3N6O2/c1-9(7-11(24)14(15,16)17)18-19-12(25)8-23-21-13(20-22-23)10-5-3-2-4-6-10/h2-6H,7-8H2,1H3,(H,19,25)/b18-9-. The minimum Gasteiger partial charge on any atom is -0.289 e. The molecule has 0 saturated carbocycles. The van der Waals surface area contributed by atoms with E-state index in [1.807, 2.05) is 11.5 Å². The highest BCUT2D eigenvalue weighted by atomic mass is 19.4. The van der Waals surface area contributed by atoms with E-state index in [4.69, 9.17) is 0 Å². The summed E-state index contributed by atoms with van der Waals surface area (Å²) in [5, 5.41) is 15.0. The van der Waals surface area contributed by atoms with Crippen molar-refractivity contribution in [3.05, 3.63) is 30.3 Å². The van der Waals surface area contributed by atoms with Gasteiger partial charge in [-0.05, 0) is 12.1 Å². The van der Waals surface area contributed by atoms with Gasteiger partial charge in [-0.15, -0.1) is 10.2 Å². The second-order valence-corrected chi connectivity index (χ2v) is 4.99. The Bertz CT molecular complexity index is 785. The number of ketones is 1. The topological polar surface area (TPSA) is 102 Å². The highest BCUT2D eigenvalue weighted by molar-refractivity contribution is 6.03. The Kier molecular flexibility index (Phi) is 5.57. The van der Waals surface area contributed by atoms with Crippen LogP contribution in [0.25, 0.3) is 11.4 Å². The molecule has 1 N–H and O–H groups in total. The number of carbonyl (C=O) groups is 2. The maximum absolute atomic E-state index is 12.1. The summed E-state index contributed by atoms with van der Waals surface area (Å²) in [6.45, 7) is 0.870. The third-order valence-corrected chi connectivity index (χ3v) is 2.87. The third kappa shape index (κ3) is 5.48. The van der Waals surface area contributed by atoms with Crippen LogP contribution in [0.3, 0.4) is 0 Å². The maximum atomic E-state index is 12.1. The van der Waals surface area contributed by atoms with Crippen molar-refractivity contribution in [2.24, 2.45) is 5.10 Å². The largest absolute Gasteiger partial charge is 0.450 e. The molecule has 0 spiro atoms. The monoisotopic (exact) mass is 354 g/mol. The molecule has 0 atom stereocenters. The fraction of sp³-hybridized carbons (Fsp3) is 0.286. The van der Waals surface area contributed by atoms with E-state index in [9.17, 15) is 22.8 Å². The summed E-state index contributed by atoms with van der Waals surface area (Å²) in [4.78, 5) is 23.5. The number of hydrogen-bond donors (Lipinski definition) is 1. The van der Waals surface area contributed by atoms with Gasteiger partial charge in [0, 0.05) is 11.3 Å². The Morgan fingerprint density at radius 3 is 2.56 bits per heavy atom. The van der Waals surface area contributed by atoms with Crippen molar-refractivity contribution in [1.29, 1.82) is 0 Å². The van der Waals surface area contributed by atoms with E-state index in [2.05, 4.69) is 20.5 Å². The van der Waals surface area contributed by atoms with Gasteiger partial charge in [0.1, 0.15) is 6.54 Å². The quantitative estimate of drug-likeness (QED) is 0.623. The Balaban J connectivity index is 1.89. The highest BCUT2D eigenvalue weighted by Gasteiger charge is 2.38. The zero-order valence-electron chi connectivity index (χ0n) is 13.0. The number of nitrogens with zero attached hydrogens (tertiary/aromatic N) is 5. The molecule has 0 aliphatic rings. The minimum absolute atomic E-state index is 0.174. The van der Waals surface area contributed by atoms with Crippen molar-refractivity contribution in [2.75, 3.05) is 0 Å². The molecule has 0 bridgehead atoms. The van der Waals surface area contributed by atoms with Crippen LogP contribution in [0.4, 0.5) is 13.2 Å². The molecule has 1 heterocycles. The average molecular weight is 354 g/mol. The number of nitrogens with one attached hydrogen (secondary N) is 1. The summed E-state index contributed by atoms with van der Waals surface area (Å²) >= 11 is 0. The second-order valence-electron chi connectivity index (χ2n) is 4.99. The third-order valence-electron chi connectivity index (χ3n) is 2.87. The lowest BCUT2D eigenvalue weighted by Gasteiger charge is -2.05. The number of alkyl halides is 3. The fourth-order valence-corrected chi connectivity index (χ4v) is 1.71. The van der Waals surface area contributed by atoms with Crippen LogP contribution in [0.5, 0.6) is 0 Å². The maximum Gasteiger partial charge on any atom is 0.450 e. The Morgan fingerprint density at radius 2 is 1.92 bits per heavy atom. The highest BCUT2D eigenvalue weighted by Crippen LogP contribution is 2.17. The molecule has 132 valence electrons. The molecule has 1 aromatic carbocycles. The molecule has 0 aliphatic heterocycles. The van der Waals surface area contributed by atoms with E-state index in [-0.39, 0.29) is 12.3 Å². The first-order chi connectivity index (χ1) is 11.8. The van der Waals surface area contributed by atoms with Gasteiger partial charge in [0.05, 0.1) is 6.42 Å². The van der Waals surface area contributed by atoms with Crippen LogP contribution in [0.15, 0.2) is 35.4 Å². The number of halogens is 3. The van der Waals surface area contributed by atoms with Gasteiger partial charge in [0.25, 0.3) is 5.91 Å². The number of tetrazole rings is 1. The predicted octanol–water partition coefficient (Wildman–Crippen LogP) is 1.35. The van der Waals surface area contributed by atoms with E-state index >= 15 is 0 Å². The molecule has 8 nitrogen and oxygen atoms in total. The molecule has 1 amide bonds. The first-order valence-electron chi connectivity index (χ1n) is 7.01. The molecule has 0 saturated heterocycles. The van der Waals surface area contributed by atoms with Crippen LogP contribution < -0.4 is 5.43 Å². The van der Waals surface area contributed by atoms with Gasteiger partial charge in [0.2, 0.25) is 11.6 Å². The Hall–Kier alpha value is -3.11. The molecule has 11 heteroatoms. The van der Waals surface area contributed by atoms with Crippen LogP contribution in [-0.4, -0.2) is 43.8 Å². The lowest BCUT2D eigenvalue weighted by molar-refractivity contribution is -0.169. The van der Waals surface area contributed by atoms with E-state index in [0.29, 0.717) is 11.4 Å². The zero-order chi connectivity index (χ0) is 18.4.